The standard InChI is InChI=1S/C14H18N6O2/c1-2-20-13(16-17-18-20)15-14(22)19-9-3-4-12(19)10-5-7-11(21)8-6-10/h5-8,12,21H,2-4,9H2,1H3,(H,15,16,18,22). The minimum atomic E-state index is -0.208. The maximum Gasteiger partial charge on any atom is 0.324 e. The van der Waals surface area contributed by atoms with Crippen molar-refractivity contribution in [3.05, 3.63) is 29.8 Å². The van der Waals surface area contributed by atoms with E-state index in [4.69, 9.17) is 0 Å². The maximum atomic E-state index is 12.5. The van der Waals surface area contributed by atoms with Crippen LogP contribution in [0.25, 0.3) is 0 Å². The van der Waals surface area contributed by atoms with Crippen molar-refractivity contribution in [1.29, 1.82) is 0 Å². The lowest BCUT2D eigenvalue weighted by Crippen LogP contribution is -2.35. The van der Waals surface area contributed by atoms with Crippen molar-refractivity contribution in [2.75, 3.05) is 11.9 Å². The molecule has 1 fully saturated rings. The Balaban J connectivity index is 1.75. The molecule has 2 amide bonds. The Morgan fingerprint density at radius 3 is 2.91 bits per heavy atom. The summed E-state index contributed by atoms with van der Waals surface area (Å²) in [7, 11) is 0. The Morgan fingerprint density at radius 2 is 2.18 bits per heavy atom. The summed E-state index contributed by atoms with van der Waals surface area (Å²) in [5, 5.41) is 23.3. The van der Waals surface area contributed by atoms with Gasteiger partial charge in [0.2, 0.25) is 0 Å². The molecule has 3 rings (SSSR count). The Morgan fingerprint density at radius 1 is 1.41 bits per heavy atom. The van der Waals surface area contributed by atoms with Crippen molar-refractivity contribution in [2.24, 2.45) is 0 Å². The van der Waals surface area contributed by atoms with E-state index in [1.807, 2.05) is 19.1 Å². The van der Waals surface area contributed by atoms with Crippen molar-refractivity contribution in [2.45, 2.75) is 32.4 Å². The second-order valence-electron chi connectivity index (χ2n) is 5.19. The summed E-state index contributed by atoms with van der Waals surface area (Å²) in [5.74, 6) is 0.573. The number of phenolic OH excluding ortho intramolecular Hbond substituents is 1. The first kappa shape index (κ1) is 14.3. The second kappa shape index (κ2) is 6.00. The highest BCUT2D eigenvalue weighted by Crippen LogP contribution is 2.32. The van der Waals surface area contributed by atoms with Crippen LogP contribution in [0, 0.1) is 0 Å². The van der Waals surface area contributed by atoms with Crippen LogP contribution in [0.5, 0.6) is 5.75 Å². The van der Waals surface area contributed by atoms with Crippen LogP contribution in [0.4, 0.5) is 10.7 Å². The number of hydrogen-bond donors (Lipinski definition) is 2. The topological polar surface area (TPSA) is 96.2 Å². The molecule has 8 nitrogen and oxygen atoms in total. The van der Waals surface area contributed by atoms with E-state index in [0.29, 0.717) is 19.0 Å². The van der Waals surface area contributed by atoms with Gasteiger partial charge >= 0.3 is 6.03 Å². The first-order valence-corrected chi connectivity index (χ1v) is 7.31. The van der Waals surface area contributed by atoms with Gasteiger partial charge in [0, 0.05) is 13.1 Å². The number of urea groups is 1. The summed E-state index contributed by atoms with van der Waals surface area (Å²) in [4.78, 5) is 14.3. The molecule has 8 heteroatoms. The first-order chi connectivity index (χ1) is 10.7. The lowest BCUT2D eigenvalue weighted by Gasteiger charge is -2.25. The van der Waals surface area contributed by atoms with Gasteiger partial charge in [-0.3, -0.25) is 5.32 Å². The van der Waals surface area contributed by atoms with Crippen LogP contribution in [-0.2, 0) is 6.54 Å². The molecule has 1 aromatic heterocycles. The number of amides is 2. The molecule has 116 valence electrons. The number of nitrogens with one attached hydrogen (secondary N) is 1. The molecule has 0 bridgehead atoms. The molecule has 22 heavy (non-hydrogen) atoms. The predicted octanol–water partition coefficient (Wildman–Crippen LogP) is 1.77. The molecule has 0 aliphatic carbocycles. The van der Waals surface area contributed by atoms with Gasteiger partial charge in [-0.25, -0.2) is 9.48 Å². The second-order valence-corrected chi connectivity index (χ2v) is 5.19. The van der Waals surface area contributed by atoms with Crippen molar-refractivity contribution >= 4 is 12.0 Å². The van der Waals surface area contributed by atoms with Crippen LogP contribution < -0.4 is 5.32 Å². The van der Waals surface area contributed by atoms with E-state index in [0.717, 1.165) is 18.4 Å². The quantitative estimate of drug-likeness (QED) is 0.900. The van der Waals surface area contributed by atoms with Crippen molar-refractivity contribution in [1.82, 2.24) is 25.1 Å². The van der Waals surface area contributed by atoms with Crippen LogP contribution in [0.15, 0.2) is 24.3 Å². The van der Waals surface area contributed by atoms with Gasteiger partial charge in [-0.05, 0) is 47.9 Å². The fourth-order valence-electron chi connectivity index (χ4n) is 2.73. The normalized spacial score (nSPS) is 17.7. The minimum absolute atomic E-state index is 0.00607. The number of likely N-dealkylation sites (tertiary alicyclic amines) is 1. The lowest BCUT2D eigenvalue weighted by molar-refractivity contribution is 0.206. The summed E-state index contributed by atoms with van der Waals surface area (Å²) < 4.78 is 1.53. The van der Waals surface area contributed by atoms with Gasteiger partial charge in [-0.2, -0.15) is 0 Å². The molecule has 0 saturated carbocycles. The summed E-state index contributed by atoms with van der Waals surface area (Å²) in [6.45, 7) is 3.18. The third kappa shape index (κ3) is 2.72. The van der Waals surface area contributed by atoms with Crippen LogP contribution >= 0.6 is 0 Å². The molecule has 0 spiro atoms. The number of rotatable bonds is 3. The Kier molecular flexibility index (Phi) is 3.90. The molecule has 2 N–H and O–H groups in total. The van der Waals surface area contributed by atoms with E-state index in [-0.39, 0.29) is 17.8 Å². The third-order valence-electron chi connectivity index (χ3n) is 3.84. The number of benzene rings is 1. The highest BCUT2D eigenvalue weighted by atomic mass is 16.3. The minimum Gasteiger partial charge on any atom is -0.508 e. The SMILES string of the molecule is CCn1nnnc1NC(=O)N1CCCC1c1ccc(O)cc1. The number of anilines is 1. The third-order valence-corrected chi connectivity index (χ3v) is 3.84. The Labute approximate surface area is 127 Å². The number of carbonyl (C=O) groups is 1. The number of aromatic nitrogens is 4. The maximum absolute atomic E-state index is 12.5. The van der Waals surface area contributed by atoms with E-state index in [1.54, 1.807) is 17.0 Å². The summed E-state index contributed by atoms with van der Waals surface area (Å²) in [6, 6.07) is 6.78. The van der Waals surface area contributed by atoms with E-state index >= 15 is 0 Å². The molecule has 2 aromatic rings. The molecule has 1 saturated heterocycles. The average Bonchev–Trinajstić information content (AvgIpc) is 3.16. The van der Waals surface area contributed by atoms with E-state index in [9.17, 15) is 9.90 Å². The zero-order valence-corrected chi connectivity index (χ0v) is 12.3. The van der Waals surface area contributed by atoms with Gasteiger partial charge in [0.25, 0.3) is 5.95 Å². The smallest absolute Gasteiger partial charge is 0.324 e. The fraction of sp³-hybridized carbons (Fsp3) is 0.429. The molecule has 0 radical (unpaired) electrons. The average molecular weight is 302 g/mol. The van der Waals surface area contributed by atoms with Crippen LogP contribution in [0.2, 0.25) is 0 Å². The van der Waals surface area contributed by atoms with Gasteiger partial charge in [0.05, 0.1) is 6.04 Å². The highest BCUT2D eigenvalue weighted by Gasteiger charge is 2.30. The molecule has 2 heterocycles. The largest absolute Gasteiger partial charge is 0.508 e. The lowest BCUT2D eigenvalue weighted by atomic mass is 10.0. The van der Waals surface area contributed by atoms with Crippen LogP contribution in [0.3, 0.4) is 0 Å². The van der Waals surface area contributed by atoms with E-state index < -0.39 is 0 Å². The van der Waals surface area contributed by atoms with Gasteiger partial charge in [0.15, 0.2) is 0 Å². The number of phenols is 1. The molecular formula is C14H18N6O2. The fourth-order valence-corrected chi connectivity index (χ4v) is 2.73. The van der Waals surface area contributed by atoms with Crippen molar-refractivity contribution < 1.29 is 9.90 Å². The Hall–Kier alpha value is -2.64. The highest BCUT2D eigenvalue weighted by molar-refractivity contribution is 5.88. The molecule has 1 atom stereocenters. The molecule has 1 aliphatic rings. The molecule has 1 aliphatic heterocycles. The number of carbonyl (C=O) groups excluding carboxylic acids is 1. The van der Waals surface area contributed by atoms with Gasteiger partial charge < -0.3 is 10.0 Å². The predicted molar refractivity (Wildman–Crippen MR) is 79.3 cm³/mol. The number of hydrogen-bond acceptors (Lipinski definition) is 5. The number of aromatic hydroxyl groups is 1. The number of aryl methyl sites for hydroxylation is 1. The zero-order chi connectivity index (χ0) is 15.5. The van der Waals surface area contributed by atoms with Crippen LogP contribution in [-0.4, -0.2) is 42.8 Å². The number of tetrazole rings is 1. The zero-order valence-electron chi connectivity index (χ0n) is 12.3. The van der Waals surface area contributed by atoms with E-state index in [2.05, 4.69) is 20.8 Å². The van der Waals surface area contributed by atoms with Gasteiger partial charge in [-0.1, -0.05) is 17.2 Å². The monoisotopic (exact) mass is 302 g/mol. The van der Waals surface area contributed by atoms with Gasteiger partial charge in [0.1, 0.15) is 5.75 Å². The summed E-state index contributed by atoms with van der Waals surface area (Å²) >= 11 is 0. The first-order valence-electron chi connectivity index (χ1n) is 7.31. The summed E-state index contributed by atoms with van der Waals surface area (Å²) in [5.41, 5.74) is 1.01. The van der Waals surface area contributed by atoms with Crippen LogP contribution in [0.1, 0.15) is 31.4 Å². The Bertz CT molecular complexity index is 654. The van der Waals surface area contributed by atoms with Crippen molar-refractivity contribution in [3.63, 3.8) is 0 Å². The summed E-state index contributed by atoms with van der Waals surface area (Å²) in [6.07, 6.45) is 1.84. The van der Waals surface area contributed by atoms with Crippen molar-refractivity contribution in [3.8, 4) is 5.75 Å². The molecular weight excluding hydrogens is 284 g/mol. The molecule has 1 unspecified atom stereocenters. The van der Waals surface area contributed by atoms with E-state index in [1.165, 1.54) is 4.68 Å². The number of nitrogens with zero attached hydrogens (tertiary/aromatic N) is 5. The van der Waals surface area contributed by atoms with Gasteiger partial charge in [-0.15, -0.1) is 0 Å². The molecule has 1 aromatic carbocycles.